The molecule has 3 nitrogen and oxygen atoms in total. The molecule has 13 heavy (non-hydrogen) atoms. The number of nitriles is 1. The van der Waals surface area contributed by atoms with Gasteiger partial charge in [0.25, 0.3) is 0 Å². The fourth-order valence-corrected chi connectivity index (χ4v) is 1.96. The smallest absolute Gasteiger partial charge is 0.227 e. The van der Waals surface area contributed by atoms with Crippen LogP contribution in [0.4, 0.5) is 0 Å². The number of amides is 1. The third-order valence-electron chi connectivity index (χ3n) is 2.94. The van der Waals surface area contributed by atoms with E-state index in [-0.39, 0.29) is 17.7 Å². The zero-order valence-corrected chi connectivity index (χ0v) is 7.70. The van der Waals surface area contributed by atoms with Crippen molar-refractivity contribution in [2.24, 2.45) is 11.8 Å². The first-order valence-electron chi connectivity index (χ1n) is 5.01. The zero-order chi connectivity index (χ0) is 9.26. The summed E-state index contributed by atoms with van der Waals surface area (Å²) in [6, 6.07) is 2.16. The predicted molar refractivity (Wildman–Crippen MR) is 47.6 cm³/mol. The third kappa shape index (κ3) is 1.67. The molecule has 0 spiro atoms. The molecule has 1 saturated carbocycles. The maximum atomic E-state index is 11.7. The van der Waals surface area contributed by atoms with Crippen molar-refractivity contribution in [2.45, 2.75) is 25.7 Å². The molecule has 0 aromatic rings. The lowest BCUT2D eigenvalue weighted by molar-refractivity contribution is -0.133. The van der Waals surface area contributed by atoms with Gasteiger partial charge in [0.2, 0.25) is 5.91 Å². The topological polar surface area (TPSA) is 44.1 Å². The van der Waals surface area contributed by atoms with Crippen molar-refractivity contribution in [3.63, 3.8) is 0 Å². The molecule has 2 unspecified atom stereocenters. The van der Waals surface area contributed by atoms with Crippen LogP contribution in [0.5, 0.6) is 0 Å². The molecule has 0 radical (unpaired) electrons. The van der Waals surface area contributed by atoms with Gasteiger partial charge in [-0.3, -0.25) is 4.79 Å². The van der Waals surface area contributed by atoms with E-state index in [1.165, 1.54) is 6.42 Å². The Bertz CT molecular complexity index is 250. The first-order chi connectivity index (χ1) is 6.33. The SMILES string of the molecule is N#CC1CC1C(=O)N1CCCCC1. The summed E-state index contributed by atoms with van der Waals surface area (Å²) in [4.78, 5) is 13.6. The summed E-state index contributed by atoms with van der Waals surface area (Å²) in [5.41, 5.74) is 0. The molecule has 1 aliphatic heterocycles. The summed E-state index contributed by atoms with van der Waals surface area (Å²) in [7, 11) is 0. The minimum absolute atomic E-state index is 0.0226. The van der Waals surface area contributed by atoms with E-state index in [9.17, 15) is 4.79 Å². The van der Waals surface area contributed by atoms with Gasteiger partial charge >= 0.3 is 0 Å². The Hall–Kier alpha value is -1.04. The molecule has 3 heteroatoms. The zero-order valence-electron chi connectivity index (χ0n) is 7.70. The molecule has 0 N–H and O–H groups in total. The lowest BCUT2D eigenvalue weighted by Gasteiger charge is -2.26. The van der Waals surface area contributed by atoms with Gasteiger partial charge in [0.15, 0.2) is 0 Å². The van der Waals surface area contributed by atoms with Gasteiger partial charge in [-0.25, -0.2) is 0 Å². The monoisotopic (exact) mass is 178 g/mol. The van der Waals surface area contributed by atoms with Crippen LogP contribution in [0.25, 0.3) is 0 Å². The van der Waals surface area contributed by atoms with Crippen LogP contribution in [0.15, 0.2) is 0 Å². The lowest BCUT2D eigenvalue weighted by atomic mass is 10.1. The molecule has 2 fully saturated rings. The van der Waals surface area contributed by atoms with E-state index < -0.39 is 0 Å². The average molecular weight is 178 g/mol. The van der Waals surface area contributed by atoms with Gasteiger partial charge in [-0.1, -0.05) is 0 Å². The van der Waals surface area contributed by atoms with Crippen LogP contribution in [-0.2, 0) is 4.79 Å². The van der Waals surface area contributed by atoms with Crippen LogP contribution in [0.2, 0.25) is 0 Å². The van der Waals surface area contributed by atoms with Crippen molar-refractivity contribution >= 4 is 5.91 Å². The molecule has 1 amide bonds. The van der Waals surface area contributed by atoms with Crippen LogP contribution < -0.4 is 0 Å². The molecule has 0 aromatic heterocycles. The highest BCUT2D eigenvalue weighted by molar-refractivity contribution is 5.82. The molecular formula is C10H14N2O. The fourth-order valence-electron chi connectivity index (χ4n) is 1.96. The Morgan fingerprint density at radius 2 is 2.00 bits per heavy atom. The van der Waals surface area contributed by atoms with Gasteiger partial charge < -0.3 is 4.90 Å². The molecule has 2 rings (SSSR count). The van der Waals surface area contributed by atoms with Crippen molar-refractivity contribution in [3.8, 4) is 6.07 Å². The Morgan fingerprint density at radius 1 is 1.31 bits per heavy atom. The van der Waals surface area contributed by atoms with Gasteiger partial charge in [0.1, 0.15) is 0 Å². The summed E-state index contributed by atoms with van der Waals surface area (Å²) >= 11 is 0. The highest BCUT2D eigenvalue weighted by atomic mass is 16.2. The van der Waals surface area contributed by atoms with Gasteiger partial charge in [-0.15, -0.1) is 0 Å². The van der Waals surface area contributed by atoms with Gasteiger partial charge in [0.05, 0.1) is 17.9 Å². The number of hydrogen-bond acceptors (Lipinski definition) is 2. The fraction of sp³-hybridized carbons (Fsp3) is 0.800. The second-order valence-electron chi connectivity index (χ2n) is 3.96. The molecule has 1 aliphatic carbocycles. The van der Waals surface area contributed by atoms with Crippen molar-refractivity contribution in [1.82, 2.24) is 4.90 Å². The number of hydrogen-bond donors (Lipinski definition) is 0. The quantitative estimate of drug-likeness (QED) is 0.604. The number of rotatable bonds is 1. The minimum Gasteiger partial charge on any atom is -0.342 e. The lowest BCUT2D eigenvalue weighted by Crippen LogP contribution is -2.36. The van der Waals surface area contributed by atoms with Crippen molar-refractivity contribution in [2.75, 3.05) is 13.1 Å². The molecule has 1 heterocycles. The Morgan fingerprint density at radius 3 is 2.54 bits per heavy atom. The van der Waals surface area contributed by atoms with Crippen LogP contribution in [0, 0.1) is 23.2 Å². The number of carbonyl (C=O) groups is 1. The van der Waals surface area contributed by atoms with Crippen LogP contribution >= 0.6 is 0 Å². The summed E-state index contributed by atoms with van der Waals surface area (Å²) < 4.78 is 0. The Labute approximate surface area is 78.3 Å². The minimum atomic E-state index is 0.0226. The van der Waals surface area contributed by atoms with E-state index in [0.29, 0.717) is 0 Å². The summed E-state index contributed by atoms with van der Waals surface area (Å²) in [6.07, 6.45) is 4.31. The van der Waals surface area contributed by atoms with Crippen LogP contribution in [0.3, 0.4) is 0 Å². The molecule has 2 aliphatic rings. The second kappa shape index (κ2) is 3.37. The number of nitrogens with zero attached hydrogens (tertiary/aromatic N) is 2. The summed E-state index contributed by atoms with van der Waals surface area (Å²) in [5, 5.41) is 8.60. The maximum absolute atomic E-state index is 11.7. The third-order valence-corrected chi connectivity index (χ3v) is 2.94. The predicted octanol–water partition coefficient (Wildman–Crippen LogP) is 1.16. The van der Waals surface area contributed by atoms with Crippen LogP contribution in [0.1, 0.15) is 25.7 Å². The maximum Gasteiger partial charge on any atom is 0.227 e. The molecule has 2 atom stereocenters. The number of piperidine rings is 1. The molecule has 1 saturated heterocycles. The normalized spacial score (nSPS) is 32.4. The molecule has 0 bridgehead atoms. The van der Waals surface area contributed by atoms with E-state index in [4.69, 9.17) is 5.26 Å². The van der Waals surface area contributed by atoms with Gasteiger partial charge in [-0.2, -0.15) is 5.26 Å². The van der Waals surface area contributed by atoms with E-state index >= 15 is 0 Å². The summed E-state index contributed by atoms with van der Waals surface area (Å²) in [6.45, 7) is 1.82. The molecule has 70 valence electrons. The van der Waals surface area contributed by atoms with Crippen molar-refractivity contribution in [1.29, 1.82) is 5.26 Å². The van der Waals surface area contributed by atoms with E-state index in [1.807, 2.05) is 4.90 Å². The first-order valence-corrected chi connectivity index (χ1v) is 5.01. The summed E-state index contributed by atoms with van der Waals surface area (Å²) in [5.74, 6) is 0.295. The Kier molecular flexibility index (Phi) is 2.22. The van der Waals surface area contributed by atoms with Crippen molar-refractivity contribution < 1.29 is 4.79 Å². The van der Waals surface area contributed by atoms with E-state index in [2.05, 4.69) is 6.07 Å². The molecular weight excluding hydrogens is 164 g/mol. The van der Waals surface area contributed by atoms with E-state index in [1.54, 1.807) is 0 Å². The first kappa shape index (κ1) is 8.55. The van der Waals surface area contributed by atoms with E-state index in [0.717, 1.165) is 32.4 Å². The average Bonchev–Trinajstić information content (AvgIpc) is 2.97. The largest absolute Gasteiger partial charge is 0.342 e. The van der Waals surface area contributed by atoms with Crippen LogP contribution in [-0.4, -0.2) is 23.9 Å². The van der Waals surface area contributed by atoms with Gasteiger partial charge in [-0.05, 0) is 25.7 Å². The standard InChI is InChI=1S/C10H14N2O/c11-7-8-6-9(8)10(13)12-4-2-1-3-5-12/h8-9H,1-6H2. The number of carbonyl (C=O) groups excluding carboxylic acids is 1. The van der Waals surface area contributed by atoms with Crippen molar-refractivity contribution in [3.05, 3.63) is 0 Å². The highest BCUT2D eigenvalue weighted by Crippen LogP contribution is 2.39. The molecule has 0 aromatic carbocycles. The second-order valence-corrected chi connectivity index (χ2v) is 3.96. The van der Waals surface area contributed by atoms with Gasteiger partial charge in [0, 0.05) is 13.1 Å². The highest BCUT2D eigenvalue weighted by Gasteiger charge is 2.45. The number of likely N-dealkylation sites (tertiary alicyclic amines) is 1. The Balaban J connectivity index is 1.87.